The standard InChI is InChI=1S/C15H13N7O3/c1-16-13(23)10-12-20-19-11(15(25)22(12)8-17-10)14(24)21-18-7-9-5-3-2-4-6-9/h2-8,20H,1H3,(H,16,23)(H,21,24). The molecule has 0 aliphatic carbocycles. The summed E-state index contributed by atoms with van der Waals surface area (Å²) >= 11 is 0. The van der Waals surface area contributed by atoms with Gasteiger partial charge in [-0.05, 0) is 5.56 Å². The van der Waals surface area contributed by atoms with Crippen LogP contribution < -0.4 is 16.3 Å². The fourth-order valence-corrected chi connectivity index (χ4v) is 2.07. The Balaban J connectivity index is 1.85. The van der Waals surface area contributed by atoms with E-state index in [4.69, 9.17) is 0 Å². The zero-order valence-electron chi connectivity index (χ0n) is 13.1. The van der Waals surface area contributed by atoms with Crippen molar-refractivity contribution < 1.29 is 9.59 Å². The number of nitrogens with one attached hydrogen (secondary N) is 3. The van der Waals surface area contributed by atoms with Crippen LogP contribution in [0.3, 0.4) is 0 Å². The molecule has 126 valence electrons. The van der Waals surface area contributed by atoms with Crippen LogP contribution in [-0.4, -0.2) is 44.7 Å². The molecule has 1 aromatic carbocycles. The second-order valence-electron chi connectivity index (χ2n) is 4.88. The number of amides is 2. The van der Waals surface area contributed by atoms with Gasteiger partial charge < -0.3 is 5.32 Å². The summed E-state index contributed by atoms with van der Waals surface area (Å²) < 4.78 is 1.04. The number of imidazole rings is 1. The van der Waals surface area contributed by atoms with Crippen molar-refractivity contribution in [1.82, 2.24) is 30.3 Å². The second kappa shape index (κ2) is 6.74. The van der Waals surface area contributed by atoms with Crippen LogP contribution in [0.4, 0.5) is 0 Å². The normalized spacial score (nSPS) is 10.9. The van der Waals surface area contributed by atoms with Gasteiger partial charge in [0, 0.05) is 7.05 Å². The molecule has 2 heterocycles. The molecule has 2 amide bonds. The molecular weight excluding hydrogens is 326 g/mol. The molecule has 0 aliphatic heterocycles. The van der Waals surface area contributed by atoms with E-state index >= 15 is 0 Å². The maximum absolute atomic E-state index is 12.3. The number of H-pyrrole nitrogens is 1. The Kier molecular flexibility index (Phi) is 4.33. The van der Waals surface area contributed by atoms with E-state index in [2.05, 4.69) is 31.0 Å². The van der Waals surface area contributed by atoms with Gasteiger partial charge in [0.15, 0.2) is 11.3 Å². The Labute approximate surface area is 140 Å². The van der Waals surface area contributed by atoms with Gasteiger partial charge in [0.2, 0.25) is 5.69 Å². The van der Waals surface area contributed by atoms with Crippen LogP contribution in [0.2, 0.25) is 0 Å². The third kappa shape index (κ3) is 3.13. The van der Waals surface area contributed by atoms with Gasteiger partial charge in [0.05, 0.1) is 6.21 Å². The van der Waals surface area contributed by atoms with Crippen molar-refractivity contribution in [3.05, 3.63) is 64.0 Å². The van der Waals surface area contributed by atoms with Crippen LogP contribution in [0.15, 0.2) is 46.6 Å². The van der Waals surface area contributed by atoms with Gasteiger partial charge in [0.1, 0.15) is 6.33 Å². The van der Waals surface area contributed by atoms with E-state index in [1.54, 1.807) is 12.1 Å². The quantitative estimate of drug-likeness (QED) is 0.437. The number of fused-ring (bicyclic) bond motifs is 1. The van der Waals surface area contributed by atoms with Gasteiger partial charge in [0.25, 0.3) is 17.4 Å². The summed E-state index contributed by atoms with van der Waals surface area (Å²) in [5.74, 6) is -1.27. The molecule has 3 rings (SSSR count). The predicted molar refractivity (Wildman–Crippen MR) is 88.5 cm³/mol. The van der Waals surface area contributed by atoms with E-state index in [0.717, 1.165) is 16.3 Å². The lowest BCUT2D eigenvalue weighted by molar-refractivity contribution is 0.0944. The van der Waals surface area contributed by atoms with Crippen molar-refractivity contribution in [1.29, 1.82) is 0 Å². The van der Waals surface area contributed by atoms with Gasteiger partial charge >= 0.3 is 0 Å². The highest BCUT2D eigenvalue weighted by molar-refractivity contribution is 5.98. The number of hydrazone groups is 1. The van der Waals surface area contributed by atoms with Crippen molar-refractivity contribution in [3.63, 3.8) is 0 Å². The Morgan fingerprint density at radius 2 is 1.96 bits per heavy atom. The first-order chi connectivity index (χ1) is 12.1. The molecule has 0 atom stereocenters. The number of hydrogen-bond donors (Lipinski definition) is 3. The lowest BCUT2D eigenvalue weighted by Crippen LogP contribution is -2.31. The molecule has 0 bridgehead atoms. The molecule has 0 aliphatic rings. The van der Waals surface area contributed by atoms with Crippen LogP contribution in [0.1, 0.15) is 26.5 Å². The summed E-state index contributed by atoms with van der Waals surface area (Å²) in [5, 5.41) is 12.4. The van der Waals surface area contributed by atoms with Crippen molar-refractivity contribution in [2.45, 2.75) is 0 Å². The van der Waals surface area contributed by atoms with E-state index in [-0.39, 0.29) is 11.3 Å². The maximum Gasteiger partial charge on any atom is 0.297 e. The summed E-state index contributed by atoms with van der Waals surface area (Å²) in [4.78, 5) is 39.9. The lowest BCUT2D eigenvalue weighted by Gasteiger charge is -2.00. The van der Waals surface area contributed by atoms with Crippen LogP contribution in [0, 0.1) is 0 Å². The van der Waals surface area contributed by atoms with Crippen molar-refractivity contribution in [2.24, 2.45) is 5.10 Å². The van der Waals surface area contributed by atoms with Crippen LogP contribution in [0.5, 0.6) is 0 Å². The molecule has 0 radical (unpaired) electrons. The molecule has 2 aromatic heterocycles. The first kappa shape index (κ1) is 16.1. The van der Waals surface area contributed by atoms with E-state index in [0.29, 0.717) is 0 Å². The SMILES string of the molecule is CNC(=O)c1ncn2c(=O)c(C(=O)NN=Cc3ccccc3)n[nH]c12. The topological polar surface area (TPSA) is 134 Å². The minimum absolute atomic E-state index is 0.00107. The van der Waals surface area contributed by atoms with Gasteiger partial charge in [-0.2, -0.15) is 10.2 Å². The van der Waals surface area contributed by atoms with Crippen LogP contribution in [-0.2, 0) is 0 Å². The fraction of sp³-hybridized carbons (Fsp3) is 0.0667. The van der Waals surface area contributed by atoms with Crippen LogP contribution in [0.25, 0.3) is 5.65 Å². The average molecular weight is 339 g/mol. The fourth-order valence-electron chi connectivity index (χ4n) is 2.07. The highest BCUT2D eigenvalue weighted by Gasteiger charge is 2.19. The average Bonchev–Trinajstić information content (AvgIpc) is 3.07. The smallest absolute Gasteiger partial charge is 0.297 e. The minimum atomic E-state index is -0.787. The second-order valence-corrected chi connectivity index (χ2v) is 4.88. The molecule has 0 unspecified atom stereocenters. The Hall–Kier alpha value is -3.82. The molecule has 0 fully saturated rings. The zero-order chi connectivity index (χ0) is 17.8. The third-order valence-corrected chi connectivity index (χ3v) is 3.30. The number of benzene rings is 1. The third-order valence-electron chi connectivity index (χ3n) is 3.30. The van der Waals surface area contributed by atoms with Gasteiger partial charge in [-0.25, -0.2) is 14.8 Å². The zero-order valence-corrected chi connectivity index (χ0v) is 13.1. The summed E-state index contributed by atoms with van der Waals surface area (Å²) in [6.45, 7) is 0. The molecule has 10 nitrogen and oxygen atoms in total. The number of carbonyl (C=O) groups is 2. The maximum atomic E-state index is 12.3. The van der Waals surface area contributed by atoms with Crippen molar-refractivity contribution in [3.8, 4) is 0 Å². The van der Waals surface area contributed by atoms with Gasteiger partial charge in [-0.3, -0.25) is 19.5 Å². The van der Waals surface area contributed by atoms with E-state index < -0.39 is 23.1 Å². The van der Waals surface area contributed by atoms with Crippen molar-refractivity contribution in [2.75, 3.05) is 7.05 Å². The largest absolute Gasteiger partial charge is 0.354 e. The summed E-state index contributed by atoms with van der Waals surface area (Å²) in [7, 11) is 1.44. The molecule has 0 saturated heterocycles. The van der Waals surface area contributed by atoms with Crippen molar-refractivity contribution >= 4 is 23.7 Å². The highest BCUT2D eigenvalue weighted by Crippen LogP contribution is 2.03. The minimum Gasteiger partial charge on any atom is -0.354 e. The van der Waals surface area contributed by atoms with Gasteiger partial charge in [-0.15, -0.1) is 0 Å². The molecule has 0 spiro atoms. The molecule has 25 heavy (non-hydrogen) atoms. The van der Waals surface area contributed by atoms with Crippen LogP contribution >= 0.6 is 0 Å². The van der Waals surface area contributed by atoms with E-state index in [9.17, 15) is 14.4 Å². The summed E-state index contributed by atoms with van der Waals surface area (Å²) in [6, 6.07) is 9.11. The lowest BCUT2D eigenvalue weighted by atomic mass is 10.2. The summed E-state index contributed by atoms with van der Waals surface area (Å²) in [6.07, 6.45) is 2.58. The Morgan fingerprint density at radius 1 is 1.20 bits per heavy atom. The Bertz CT molecular complexity index is 1020. The molecular formula is C15H13N7O3. The number of aromatic nitrogens is 4. The number of rotatable bonds is 4. The molecule has 3 aromatic rings. The van der Waals surface area contributed by atoms with Gasteiger partial charge in [-0.1, -0.05) is 30.3 Å². The van der Waals surface area contributed by atoms with E-state index in [1.165, 1.54) is 13.3 Å². The monoisotopic (exact) mass is 339 g/mol. The number of aromatic amines is 1. The number of hydrogen-bond acceptors (Lipinski definition) is 6. The molecule has 0 saturated carbocycles. The Morgan fingerprint density at radius 3 is 2.68 bits per heavy atom. The number of carbonyl (C=O) groups excluding carboxylic acids is 2. The molecule has 10 heteroatoms. The highest BCUT2D eigenvalue weighted by atomic mass is 16.2. The molecule has 3 N–H and O–H groups in total. The number of nitrogens with zero attached hydrogens (tertiary/aromatic N) is 4. The predicted octanol–water partition coefficient (Wildman–Crippen LogP) is -0.459. The van der Waals surface area contributed by atoms with E-state index in [1.807, 2.05) is 18.2 Å². The first-order valence-electron chi connectivity index (χ1n) is 7.18. The first-order valence-corrected chi connectivity index (χ1v) is 7.18. The summed E-state index contributed by atoms with van der Waals surface area (Å²) in [5.41, 5.74) is 1.98.